The van der Waals surface area contributed by atoms with E-state index in [1.807, 2.05) is 12.1 Å². The molecule has 1 aromatic heterocycles. The van der Waals surface area contributed by atoms with Crippen LogP contribution in [0.15, 0.2) is 63.8 Å². The number of rotatable bonds is 1. The van der Waals surface area contributed by atoms with E-state index < -0.39 is 5.97 Å². The van der Waals surface area contributed by atoms with Crippen LogP contribution in [0.1, 0.15) is 10.4 Å². The number of carbonyl (C=O) groups excluding carboxylic acids is 1. The largest absolute Gasteiger partial charge is 0.465 e. The van der Waals surface area contributed by atoms with E-state index in [-0.39, 0.29) is 5.43 Å². The minimum Gasteiger partial charge on any atom is -0.465 e. The molecule has 1 heterocycles. The molecule has 0 saturated heterocycles. The summed E-state index contributed by atoms with van der Waals surface area (Å²) in [5.41, 5.74) is 1.46. The molecule has 0 spiro atoms. The van der Waals surface area contributed by atoms with Gasteiger partial charge in [-0.2, -0.15) is 0 Å². The van der Waals surface area contributed by atoms with Gasteiger partial charge >= 0.3 is 5.97 Å². The molecule has 0 amide bonds. The molecule has 3 aromatic carbocycles. The molecule has 4 nitrogen and oxygen atoms in total. The van der Waals surface area contributed by atoms with Crippen molar-refractivity contribution in [2.24, 2.45) is 0 Å². The van der Waals surface area contributed by atoms with Gasteiger partial charge in [0.1, 0.15) is 11.2 Å². The van der Waals surface area contributed by atoms with Gasteiger partial charge in [-0.1, -0.05) is 18.2 Å². The zero-order chi connectivity index (χ0) is 16.0. The number of carbonyl (C=O) groups is 1. The fraction of sp³-hybridized carbons (Fsp3) is 0.0526. The lowest BCUT2D eigenvalue weighted by Crippen LogP contribution is -2.03. The Hall–Kier alpha value is -3.14. The maximum Gasteiger partial charge on any atom is 0.337 e. The first-order valence-corrected chi connectivity index (χ1v) is 7.15. The molecule has 0 atom stereocenters. The Bertz CT molecular complexity index is 1140. The van der Waals surface area contributed by atoms with Crippen molar-refractivity contribution < 1.29 is 13.9 Å². The maximum atomic E-state index is 12.6. The minimum absolute atomic E-state index is 0.0548. The Balaban J connectivity index is 2.08. The van der Waals surface area contributed by atoms with Crippen LogP contribution in [-0.4, -0.2) is 13.1 Å². The third kappa shape index (κ3) is 2.07. The highest BCUT2D eigenvalue weighted by atomic mass is 16.5. The third-order valence-electron chi connectivity index (χ3n) is 3.96. The number of esters is 1. The van der Waals surface area contributed by atoms with Gasteiger partial charge in [-0.05, 0) is 47.2 Å². The molecule has 4 aromatic rings. The van der Waals surface area contributed by atoms with Crippen molar-refractivity contribution in [1.82, 2.24) is 0 Å². The fourth-order valence-electron chi connectivity index (χ4n) is 2.79. The standard InChI is InChI=1S/C19H12O4/c1-22-19(21)12-7-6-11-9-15-17(10-13(11)8-12)23-16-5-3-2-4-14(16)18(15)20/h2-10H,1H3. The van der Waals surface area contributed by atoms with Gasteiger partial charge in [0.25, 0.3) is 0 Å². The Labute approximate surface area is 130 Å². The van der Waals surface area contributed by atoms with Crippen molar-refractivity contribution in [1.29, 1.82) is 0 Å². The molecule has 4 rings (SSSR count). The molecular formula is C19H12O4. The van der Waals surface area contributed by atoms with Gasteiger partial charge in [-0.15, -0.1) is 0 Å². The van der Waals surface area contributed by atoms with Crippen molar-refractivity contribution in [2.75, 3.05) is 7.11 Å². The Morgan fingerprint density at radius 2 is 1.74 bits per heavy atom. The van der Waals surface area contributed by atoms with Crippen molar-refractivity contribution in [2.45, 2.75) is 0 Å². The summed E-state index contributed by atoms with van der Waals surface area (Å²) in [5, 5.41) is 2.78. The summed E-state index contributed by atoms with van der Waals surface area (Å²) >= 11 is 0. The maximum absolute atomic E-state index is 12.6. The van der Waals surface area contributed by atoms with E-state index in [1.165, 1.54) is 7.11 Å². The van der Waals surface area contributed by atoms with Crippen LogP contribution in [0.25, 0.3) is 32.7 Å². The lowest BCUT2D eigenvalue weighted by atomic mass is 10.0. The van der Waals surface area contributed by atoms with Gasteiger partial charge in [0.2, 0.25) is 5.43 Å². The summed E-state index contributed by atoms with van der Waals surface area (Å²) in [6.45, 7) is 0. The highest BCUT2D eigenvalue weighted by Gasteiger charge is 2.11. The van der Waals surface area contributed by atoms with E-state index in [0.29, 0.717) is 27.5 Å². The van der Waals surface area contributed by atoms with Crippen LogP contribution >= 0.6 is 0 Å². The lowest BCUT2D eigenvalue weighted by Gasteiger charge is -2.05. The summed E-state index contributed by atoms with van der Waals surface area (Å²) in [7, 11) is 1.35. The highest BCUT2D eigenvalue weighted by molar-refractivity contribution is 6.02. The van der Waals surface area contributed by atoms with Crippen molar-refractivity contribution in [3.05, 3.63) is 70.4 Å². The Kier molecular flexibility index (Phi) is 2.91. The lowest BCUT2D eigenvalue weighted by molar-refractivity contribution is 0.0601. The number of ether oxygens (including phenoxy) is 1. The van der Waals surface area contributed by atoms with Gasteiger partial charge in [-0.3, -0.25) is 4.79 Å². The molecule has 0 aliphatic carbocycles. The summed E-state index contributed by atoms with van der Waals surface area (Å²) in [6, 6.07) is 16.0. The normalized spacial score (nSPS) is 11.2. The fourth-order valence-corrected chi connectivity index (χ4v) is 2.79. The molecular weight excluding hydrogens is 292 g/mol. The molecule has 0 unspecified atom stereocenters. The first kappa shape index (κ1) is 13.5. The summed E-state index contributed by atoms with van der Waals surface area (Å²) in [4.78, 5) is 24.3. The Morgan fingerprint density at radius 1 is 0.913 bits per heavy atom. The van der Waals surface area contributed by atoms with Crippen LogP contribution in [0.5, 0.6) is 0 Å². The van der Waals surface area contributed by atoms with Crippen molar-refractivity contribution >= 4 is 38.7 Å². The van der Waals surface area contributed by atoms with Crippen LogP contribution in [0.4, 0.5) is 0 Å². The van der Waals surface area contributed by atoms with Crippen LogP contribution in [0, 0.1) is 0 Å². The smallest absolute Gasteiger partial charge is 0.337 e. The first-order chi connectivity index (χ1) is 11.2. The van der Waals surface area contributed by atoms with Gasteiger partial charge < -0.3 is 9.15 Å². The van der Waals surface area contributed by atoms with Crippen LogP contribution in [0.3, 0.4) is 0 Å². The van der Waals surface area contributed by atoms with Crippen LogP contribution in [0.2, 0.25) is 0 Å². The zero-order valence-electron chi connectivity index (χ0n) is 12.3. The van der Waals surface area contributed by atoms with Crippen molar-refractivity contribution in [3.63, 3.8) is 0 Å². The van der Waals surface area contributed by atoms with E-state index in [1.54, 1.807) is 42.5 Å². The molecule has 0 aliphatic heterocycles. The average Bonchev–Trinajstić information content (AvgIpc) is 2.59. The molecule has 0 saturated carbocycles. The monoisotopic (exact) mass is 304 g/mol. The quantitative estimate of drug-likeness (QED) is 0.395. The number of methoxy groups -OCH3 is 1. The highest BCUT2D eigenvalue weighted by Crippen LogP contribution is 2.25. The van der Waals surface area contributed by atoms with E-state index in [0.717, 1.165) is 10.8 Å². The molecule has 4 heteroatoms. The first-order valence-electron chi connectivity index (χ1n) is 7.15. The number of benzene rings is 3. The molecule has 0 bridgehead atoms. The third-order valence-corrected chi connectivity index (χ3v) is 3.96. The van der Waals surface area contributed by atoms with Gasteiger partial charge in [0.15, 0.2) is 0 Å². The number of para-hydroxylation sites is 1. The summed E-state index contributed by atoms with van der Waals surface area (Å²) < 4.78 is 10.6. The topological polar surface area (TPSA) is 56.5 Å². The van der Waals surface area contributed by atoms with Gasteiger partial charge in [-0.25, -0.2) is 4.79 Å². The zero-order valence-corrected chi connectivity index (χ0v) is 12.3. The second-order valence-electron chi connectivity index (χ2n) is 5.33. The van der Waals surface area contributed by atoms with Crippen LogP contribution < -0.4 is 5.43 Å². The second-order valence-corrected chi connectivity index (χ2v) is 5.33. The molecule has 0 radical (unpaired) electrons. The number of hydrogen-bond donors (Lipinski definition) is 0. The predicted molar refractivity (Wildman–Crippen MR) is 88.8 cm³/mol. The molecule has 112 valence electrons. The predicted octanol–water partition coefficient (Wildman–Crippen LogP) is 3.89. The number of hydrogen-bond acceptors (Lipinski definition) is 4. The second kappa shape index (κ2) is 4.95. The average molecular weight is 304 g/mol. The van der Waals surface area contributed by atoms with Crippen LogP contribution in [-0.2, 0) is 4.74 Å². The number of fused-ring (bicyclic) bond motifs is 3. The minimum atomic E-state index is -0.396. The van der Waals surface area contributed by atoms with E-state index in [9.17, 15) is 9.59 Å². The molecule has 0 aliphatic rings. The Morgan fingerprint density at radius 3 is 2.57 bits per heavy atom. The van der Waals surface area contributed by atoms with E-state index in [2.05, 4.69) is 0 Å². The molecule has 0 fully saturated rings. The van der Waals surface area contributed by atoms with E-state index in [4.69, 9.17) is 9.15 Å². The SMILES string of the molecule is COC(=O)c1ccc2cc3c(=O)c4ccccc4oc3cc2c1. The molecule has 0 N–H and O–H groups in total. The van der Waals surface area contributed by atoms with Gasteiger partial charge in [0.05, 0.1) is 23.4 Å². The molecule has 23 heavy (non-hydrogen) atoms. The summed E-state index contributed by atoms with van der Waals surface area (Å²) in [5.74, 6) is -0.396. The van der Waals surface area contributed by atoms with Crippen molar-refractivity contribution in [3.8, 4) is 0 Å². The van der Waals surface area contributed by atoms with E-state index >= 15 is 0 Å². The van der Waals surface area contributed by atoms with Gasteiger partial charge in [0, 0.05) is 0 Å². The summed E-state index contributed by atoms with van der Waals surface area (Å²) in [6.07, 6.45) is 0.